The zero-order valence-corrected chi connectivity index (χ0v) is 14.5. The van der Waals surface area contributed by atoms with Crippen LogP contribution in [0.2, 0.25) is 5.02 Å². The number of rotatable bonds is 5. The molecule has 1 aromatic carbocycles. The molecule has 2 aromatic rings. The number of hydrogen-bond donors (Lipinski definition) is 1. The van der Waals surface area contributed by atoms with Crippen LogP contribution in [0.4, 0.5) is 0 Å². The summed E-state index contributed by atoms with van der Waals surface area (Å²) in [5, 5.41) is 7.68. The maximum absolute atomic E-state index is 6.23. The summed E-state index contributed by atoms with van der Waals surface area (Å²) in [6.07, 6.45) is 1.24. The highest BCUT2D eigenvalue weighted by molar-refractivity contribution is 6.32. The molecule has 0 bridgehead atoms. The summed E-state index contributed by atoms with van der Waals surface area (Å²) in [5.74, 6) is 2.52. The first-order valence-corrected chi connectivity index (χ1v) is 7.60. The quantitative estimate of drug-likeness (QED) is 0.884. The standard InChI is InChI=1S/C15H18ClN3O3.ClH/c1-9(17-2)5-13-18-14(22-19-13)8-10-6-11(16)15-12(7-10)20-3-4-21-15;/h6-7,9,17H,3-5,8H2,1-2H3;1H. The maximum Gasteiger partial charge on any atom is 0.231 e. The van der Waals surface area contributed by atoms with Crippen molar-refractivity contribution in [2.45, 2.75) is 25.8 Å². The summed E-state index contributed by atoms with van der Waals surface area (Å²) in [7, 11) is 1.91. The normalized spacial score (nSPS) is 14.2. The van der Waals surface area contributed by atoms with E-state index in [1.807, 2.05) is 19.2 Å². The first-order chi connectivity index (χ1) is 10.7. The lowest BCUT2D eigenvalue weighted by molar-refractivity contribution is 0.171. The van der Waals surface area contributed by atoms with Crippen molar-refractivity contribution in [3.63, 3.8) is 0 Å². The van der Waals surface area contributed by atoms with Crippen molar-refractivity contribution in [1.82, 2.24) is 15.5 Å². The van der Waals surface area contributed by atoms with Crippen molar-refractivity contribution < 1.29 is 14.0 Å². The number of halogens is 2. The minimum Gasteiger partial charge on any atom is -0.486 e. The largest absolute Gasteiger partial charge is 0.486 e. The molecule has 1 aromatic heterocycles. The van der Waals surface area contributed by atoms with Gasteiger partial charge in [0.2, 0.25) is 5.89 Å². The van der Waals surface area contributed by atoms with Crippen LogP contribution in [-0.4, -0.2) is 36.4 Å². The van der Waals surface area contributed by atoms with Crippen LogP contribution in [0.15, 0.2) is 16.7 Å². The molecule has 3 rings (SSSR count). The van der Waals surface area contributed by atoms with Crippen molar-refractivity contribution in [1.29, 1.82) is 0 Å². The van der Waals surface area contributed by atoms with Crippen LogP contribution in [0, 0.1) is 0 Å². The predicted octanol–water partition coefficient (Wildman–Crippen LogP) is 2.66. The van der Waals surface area contributed by atoms with Crippen molar-refractivity contribution in [2.75, 3.05) is 20.3 Å². The molecule has 2 heterocycles. The molecule has 6 nitrogen and oxygen atoms in total. The van der Waals surface area contributed by atoms with Crippen LogP contribution in [0.5, 0.6) is 11.5 Å². The molecule has 1 atom stereocenters. The molecule has 1 aliphatic rings. The van der Waals surface area contributed by atoms with Crippen LogP contribution in [-0.2, 0) is 12.8 Å². The van der Waals surface area contributed by atoms with Gasteiger partial charge in [-0.1, -0.05) is 16.8 Å². The van der Waals surface area contributed by atoms with E-state index >= 15 is 0 Å². The second kappa shape index (κ2) is 7.86. The van der Waals surface area contributed by atoms with Gasteiger partial charge in [0.15, 0.2) is 17.3 Å². The number of ether oxygens (including phenoxy) is 2. The maximum atomic E-state index is 6.23. The van der Waals surface area contributed by atoms with Crippen LogP contribution in [0.1, 0.15) is 24.2 Å². The number of nitrogens with one attached hydrogen (secondary N) is 1. The number of hydrogen-bond acceptors (Lipinski definition) is 6. The van der Waals surface area contributed by atoms with E-state index in [-0.39, 0.29) is 12.4 Å². The molecular weight excluding hydrogens is 341 g/mol. The van der Waals surface area contributed by atoms with Crippen molar-refractivity contribution in [3.8, 4) is 11.5 Å². The first kappa shape index (κ1) is 17.8. The molecule has 0 aliphatic carbocycles. The summed E-state index contributed by atoms with van der Waals surface area (Å²) < 4.78 is 16.4. The highest BCUT2D eigenvalue weighted by Gasteiger charge is 2.18. The highest BCUT2D eigenvalue weighted by atomic mass is 35.5. The van der Waals surface area contributed by atoms with Crippen molar-refractivity contribution in [3.05, 3.63) is 34.4 Å². The monoisotopic (exact) mass is 359 g/mol. The van der Waals surface area contributed by atoms with Crippen LogP contribution >= 0.6 is 24.0 Å². The number of nitrogens with zero attached hydrogens (tertiary/aromatic N) is 2. The van der Waals surface area contributed by atoms with E-state index in [1.165, 1.54) is 0 Å². The van der Waals surface area contributed by atoms with E-state index in [4.69, 9.17) is 25.6 Å². The number of fused-ring (bicyclic) bond motifs is 1. The molecular formula is C15H19Cl2N3O3. The topological polar surface area (TPSA) is 69.4 Å². The second-order valence-corrected chi connectivity index (χ2v) is 5.68. The van der Waals surface area contributed by atoms with E-state index in [1.54, 1.807) is 0 Å². The van der Waals surface area contributed by atoms with Gasteiger partial charge in [0.05, 0.1) is 11.4 Å². The number of likely N-dealkylation sites (N-methyl/N-ethyl adjacent to an activating group) is 1. The SMILES string of the molecule is CNC(C)Cc1noc(Cc2cc(Cl)c3c(c2)OCCO3)n1.Cl. The van der Waals surface area contributed by atoms with E-state index in [0.717, 1.165) is 12.0 Å². The summed E-state index contributed by atoms with van der Waals surface area (Å²) in [6, 6.07) is 4.05. The minimum atomic E-state index is 0. The van der Waals surface area contributed by atoms with Gasteiger partial charge in [-0.15, -0.1) is 12.4 Å². The number of aromatic nitrogens is 2. The van der Waals surface area contributed by atoms with Crippen LogP contribution in [0.25, 0.3) is 0 Å². The lowest BCUT2D eigenvalue weighted by Gasteiger charge is -2.20. The fourth-order valence-electron chi connectivity index (χ4n) is 2.26. The smallest absolute Gasteiger partial charge is 0.231 e. The van der Waals surface area contributed by atoms with E-state index in [2.05, 4.69) is 22.4 Å². The van der Waals surface area contributed by atoms with Gasteiger partial charge < -0.3 is 19.3 Å². The zero-order valence-electron chi connectivity index (χ0n) is 13.0. The molecule has 1 aliphatic heterocycles. The lowest BCUT2D eigenvalue weighted by atomic mass is 10.1. The molecule has 126 valence electrons. The molecule has 1 unspecified atom stereocenters. The Bertz CT molecular complexity index is 663. The highest BCUT2D eigenvalue weighted by Crippen LogP contribution is 2.38. The van der Waals surface area contributed by atoms with Gasteiger partial charge >= 0.3 is 0 Å². The van der Waals surface area contributed by atoms with E-state index in [0.29, 0.717) is 53.9 Å². The van der Waals surface area contributed by atoms with E-state index < -0.39 is 0 Å². The van der Waals surface area contributed by atoms with Gasteiger partial charge in [-0.25, -0.2) is 0 Å². The summed E-state index contributed by atoms with van der Waals surface area (Å²) in [4.78, 5) is 4.40. The van der Waals surface area contributed by atoms with Gasteiger partial charge in [-0.2, -0.15) is 4.98 Å². The summed E-state index contributed by atoms with van der Waals surface area (Å²) >= 11 is 6.23. The van der Waals surface area contributed by atoms with Gasteiger partial charge in [0, 0.05) is 12.5 Å². The van der Waals surface area contributed by atoms with Gasteiger partial charge in [0.1, 0.15) is 13.2 Å². The fourth-order valence-corrected chi connectivity index (χ4v) is 2.55. The Kier molecular flexibility index (Phi) is 6.10. The van der Waals surface area contributed by atoms with Crippen molar-refractivity contribution >= 4 is 24.0 Å². The van der Waals surface area contributed by atoms with Crippen molar-refractivity contribution in [2.24, 2.45) is 0 Å². The molecule has 0 saturated carbocycles. The zero-order chi connectivity index (χ0) is 15.5. The first-order valence-electron chi connectivity index (χ1n) is 7.22. The summed E-state index contributed by atoms with van der Waals surface area (Å²) in [6.45, 7) is 3.11. The predicted molar refractivity (Wildman–Crippen MR) is 89.0 cm³/mol. The molecule has 0 radical (unpaired) electrons. The Balaban J connectivity index is 0.00000192. The Morgan fingerprint density at radius 3 is 2.87 bits per heavy atom. The van der Waals surface area contributed by atoms with Gasteiger partial charge in [-0.3, -0.25) is 0 Å². The molecule has 0 fully saturated rings. The minimum absolute atomic E-state index is 0. The Labute approximate surface area is 145 Å². The molecule has 1 N–H and O–H groups in total. The lowest BCUT2D eigenvalue weighted by Crippen LogP contribution is -2.24. The number of benzene rings is 1. The molecule has 0 spiro atoms. The van der Waals surface area contributed by atoms with Gasteiger partial charge in [-0.05, 0) is 31.7 Å². The third-order valence-corrected chi connectivity index (χ3v) is 3.78. The summed E-state index contributed by atoms with van der Waals surface area (Å²) in [5.41, 5.74) is 0.950. The third-order valence-electron chi connectivity index (χ3n) is 3.50. The molecule has 0 amide bonds. The van der Waals surface area contributed by atoms with Crippen LogP contribution in [0.3, 0.4) is 0 Å². The Morgan fingerprint density at radius 2 is 2.09 bits per heavy atom. The fraction of sp³-hybridized carbons (Fsp3) is 0.467. The molecule has 8 heteroatoms. The Morgan fingerprint density at radius 1 is 1.30 bits per heavy atom. The van der Waals surface area contributed by atoms with E-state index in [9.17, 15) is 0 Å². The third kappa shape index (κ3) is 4.28. The Hall–Kier alpha value is -1.50. The van der Waals surface area contributed by atoms with Gasteiger partial charge in [0.25, 0.3) is 0 Å². The molecule has 0 saturated heterocycles. The average Bonchev–Trinajstić information content (AvgIpc) is 2.94. The molecule has 23 heavy (non-hydrogen) atoms. The second-order valence-electron chi connectivity index (χ2n) is 5.28. The average molecular weight is 360 g/mol. The van der Waals surface area contributed by atoms with Crippen LogP contribution < -0.4 is 14.8 Å².